The molecule has 0 aliphatic carbocycles. The van der Waals surface area contributed by atoms with E-state index in [1.807, 2.05) is 6.07 Å². The van der Waals surface area contributed by atoms with E-state index in [4.69, 9.17) is 4.42 Å². The lowest BCUT2D eigenvalue weighted by atomic mass is 10.1. The minimum atomic E-state index is 0.317. The highest BCUT2D eigenvalue weighted by atomic mass is 16.3. The molecule has 0 amide bonds. The van der Waals surface area contributed by atoms with Gasteiger partial charge in [0.15, 0.2) is 5.58 Å². The molecule has 3 heteroatoms. The van der Waals surface area contributed by atoms with E-state index in [0.717, 1.165) is 36.4 Å². The molecule has 1 aliphatic heterocycles. The van der Waals surface area contributed by atoms with Gasteiger partial charge in [-0.3, -0.25) is 0 Å². The summed E-state index contributed by atoms with van der Waals surface area (Å²) in [6, 6.07) is 6.50. The largest absolute Gasteiger partial charge is 0.439 e. The summed E-state index contributed by atoms with van der Waals surface area (Å²) in [5.74, 6) is 0.855. The van der Waals surface area contributed by atoms with Crippen molar-refractivity contribution in [1.82, 2.24) is 10.3 Å². The molecule has 84 valence electrons. The number of benzene rings is 1. The number of rotatable bonds is 2. The molecule has 3 rings (SSSR count). The van der Waals surface area contributed by atoms with Crippen LogP contribution in [0.2, 0.25) is 0 Å². The second kappa shape index (κ2) is 3.91. The Kier molecular flexibility index (Phi) is 2.40. The Hall–Kier alpha value is -1.35. The molecule has 1 N–H and O–H groups in total. The number of aromatic nitrogens is 1. The molecule has 2 heterocycles. The van der Waals surface area contributed by atoms with E-state index < -0.39 is 0 Å². The molecule has 1 atom stereocenters. The van der Waals surface area contributed by atoms with Crippen LogP contribution in [0.3, 0.4) is 0 Å². The number of aryl methyl sites for hydroxylation is 1. The molecule has 16 heavy (non-hydrogen) atoms. The van der Waals surface area contributed by atoms with E-state index in [-0.39, 0.29) is 0 Å². The molecule has 3 nitrogen and oxygen atoms in total. The second-order valence-corrected chi connectivity index (χ2v) is 4.32. The predicted octanol–water partition coefficient (Wildman–Crippen LogP) is 2.81. The number of nitrogens with zero attached hydrogens (tertiary/aromatic N) is 1. The van der Waals surface area contributed by atoms with Crippen molar-refractivity contribution in [2.75, 3.05) is 6.54 Å². The lowest BCUT2D eigenvalue weighted by molar-refractivity contribution is 0.450. The lowest BCUT2D eigenvalue weighted by Gasteiger charge is -2.02. The molecule has 0 radical (unpaired) electrons. The fourth-order valence-electron chi connectivity index (χ4n) is 2.35. The number of para-hydroxylation sites is 1. The minimum absolute atomic E-state index is 0.317. The highest BCUT2D eigenvalue weighted by Crippen LogP contribution is 2.27. The molecular weight excluding hydrogens is 200 g/mol. The summed E-state index contributed by atoms with van der Waals surface area (Å²) in [5, 5.41) is 3.42. The Labute approximate surface area is 94.9 Å². The molecule has 0 bridgehead atoms. The summed E-state index contributed by atoms with van der Waals surface area (Å²) >= 11 is 0. The highest BCUT2D eigenvalue weighted by Gasteiger charge is 2.22. The third-order valence-corrected chi connectivity index (χ3v) is 3.25. The summed E-state index contributed by atoms with van der Waals surface area (Å²) in [7, 11) is 0. The molecule has 0 spiro atoms. The molecule has 1 unspecified atom stereocenters. The van der Waals surface area contributed by atoms with Crippen molar-refractivity contribution in [2.24, 2.45) is 0 Å². The number of hydrogen-bond acceptors (Lipinski definition) is 3. The molecule has 1 aliphatic rings. The van der Waals surface area contributed by atoms with Crippen molar-refractivity contribution in [1.29, 1.82) is 0 Å². The van der Waals surface area contributed by atoms with Gasteiger partial charge in [0.05, 0.1) is 6.04 Å². The zero-order chi connectivity index (χ0) is 11.0. The van der Waals surface area contributed by atoms with E-state index in [2.05, 4.69) is 29.4 Å². The van der Waals surface area contributed by atoms with Crippen molar-refractivity contribution in [3.05, 3.63) is 29.7 Å². The van der Waals surface area contributed by atoms with Crippen molar-refractivity contribution in [3.8, 4) is 0 Å². The van der Waals surface area contributed by atoms with Gasteiger partial charge in [-0.2, -0.15) is 0 Å². The monoisotopic (exact) mass is 216 g/mol. The maximum Gasteiger partial charge on any atom is 0.212 e. The van der Waals surface area contributed by atoms with Crippen LogP contribution < -0.4 is 5.32 Å². The lowest BCUT2D eigenvalue weighted by Crippen LogP contribution is -2.12. The Morgan fingerprint density at radius 1 is 1.50 bits per heavy atom. The third-order valence-electron chi connectivity index (χ3n) is 3.25. The van der Waals surface area contributed by atoms with Crippen molar-refractivity contribution in [2.45, 2.75) is 32.2 Å². The molecule has 1 aromatic heterocycles. The van der Waals surface area contributed by atoms with Crippen LogP contribution in [0, 0.1) is 0 Å². The van der Waals surface area contributed by atoms with Gasteiger partial charge in [0.25, 0.3) is 0 Å². The van der Waals surface area contributed by atoms with E-state index in [0.29, 0.717) is 6.04 Å². The number of oxazole rings is 1. The second-order valence-electron chi connectivity index (χ2n) is 4.32. The van der Waals surface area contributed by atoms with Gasteiger partial charge >= 0.3 is 0 Å². The van der Waals surface area contributed by atoms with Gasteiger partial charge in [0, 0.05) is 0 Å². The summed E-state index contributed by atoms with van der Waals surface area (Å²) in [4.78, 5) is 4.57. The SMILES string of the molecule is CCc1cccc2nc(C3CCCN3)oc12. The summed E-state index contributed by atoms with van der Waals surface area (Å²) in [6.45, 7) is 3.22. The molecule has 1 saturated heterocycles. The van der Waals surface area contributed by atoms with E-state index in [1.54, 1.807) is 0 Å². The van der Waals surface area contributed by atoms with Crippen molar-refractivity contribution < 1.29 is 4.42 Å². The predicted molar refractivity (Wildman–Crippen MR) is 63.4 cm³/mol. The molecule has 2 aromatic rings. The van der Waals surface area contributed by atoms with Gasteiger partial charge in [0.1, 0.15) is 5.52 Å². The van der Waals surface area contributed by atoms with Gasteiger partial charge in [-0.05, 0) is 37.4 Å². The summed E-state index contributed by atoms with van der Waals surface area (Å²) in [5.41, 5.74) is 3.20. The Balaban J connectivity index is 2.07. The molecular formula is C13H16N2O. The maximum atomic E-state index is 5.90. The average molecular weight is 216 g/mol. The highest BCUT2D eigenvalue weighted by molar-refractivity contribution is 5.76. The van der Waals surface area contributed by atoms with Crippen molar-refractivity contribution in [3.63, 3.8) is 0 Å². The van der Waals surface area contributed by atoms with Gasteiger partial charge in [-0.25, -0.2) is 4.98 Å². The first kappa shape index (κ1) is 9.85. The third kappa shape index (κ3) is 1.52. The minimum Gasteiger partial charge on any atom is -0.439 e. The first-order valence-corrected chi connectivity index (χ1v) is 6.00. The van der Waals surface area contributed by atoms with Gasteiger partial charge in [0.2, 0.25) is 5.89 Å². The van der Waals surface area contributed by atoms with Gasteiger partial charge in [-0.1, -0.05) is 19.1 Å². The van der Waals surface area contributed by atoms with Gasteiger partial charge in [-0.15, -0.1) is 0 Å². The van der Waals surface area contributed by atoms with Crippen LogP contribution in [-0.4, -0.2) is 11.5 Å². The normalized spacial score (nSPS) is 20.7. The van der Waals surface area contributed by atoms with Crippen LogP contribution in [0.25, 0.3) is 11.1 Å². The zero-order valence-electron chi connectivity index (χ0n) is 9.49. The van der Waals surface area contributed by atoms with E-state index in [1.165, 1.54) is 12.0 Å². The molecule has 1 fully saturated rings. The first-order chi connectivity index (χ1) is 7.88. The number of nitrogens with one attached hydrogen (secondary N) is 1. The summed E-state index contributed by atoms with van der Waals surface area (Å²) < 4.78 is 5.90. The Bertz CT molecular complexity index is 498. The van der Waals surface area contributed by atoms with Crippen LogP contribution in [0.4, 0.5) is 0 Å². The Morgan fingerprint density at radius 3 is 3.19 bits per heavy atom. The van der Waals surface area contributed by atoms with Crippen LogP contribution in [0.15, 0.2) is 22.6 Å². The standard InChI is InChI=1S/C13H16N2O/c1-2-9-5-3-6-10-12(9)16-13(15-10)11-7-4-8-14-11/h3,5-6,11,14H,2,4,7-8H2,1H3. The number of fused-ring (bicyclic) bond motifs is 1. The fourth-order valence-corrected chi connectivity index (χ4v) is 2.35. The fraction of sp³-hybridized carbons (Fsp3) is 0.462. The summed E-state index contributed by atoms with van der Waals surface area (Å²) in [6.07, 6.45) is 3.34. The van der Waals surface area contributed by atoms with Crippen molar-refractivity contribution >= 4 is 11.1 Å². The molecule has 1 aromatic carbocycles. The van der Waals surface area contributed by atoms with Crippen LogP contribution in [0.1, 0.15) is 37.3 Å². The molecule has 0 saturated carbocycles. The smallest absolute Gasteiger partial charge is 0.212 e. The van der Waals surface area contributed by atoms with Gasteiger partial charge < -0.3 is 9.73 Å². The Morgan fingerprint density at radius 2 is 2.44 bits per heavy atom. The topological polar surface area (TPSA) is 38.1 Å². The number of hydrogen-bond donors (Lipinski definition) is 1. The van der Waals surface area contributed by atoms with Crippen LogP contribution in [-0.2, 0) is 6.42 Å². The zero-order valence-corrected chi connectivity index (χ0v) is 9.49. The van der Waals surface area contributed by atoms with Crippen LogP contribution in [0.5, 0.6) is 0 Å². The van der Waals surface area contributed by atoms with Crippen LogP contribution >= 0.6 is 0 Å². The first-order valence-electron chi connectivity index (χ1n) is 6.00. The maximum absolute atomic E-state index is 5.90. The average Bonchev–Trinajstić information content (AvgIpc) is 2.96. The quantitative estimate of drug-likeness (QED) is 0.838. The van der Waals surface area contributed by atoms with E-state index >= 15 is 0 Å². The van der Waals surface area contributed by atoms with E-state index in [9.17, 15) is 0 Å².